The van der Waals surface area contributed by atoms with Crippen LogP contribution in [0.2, 0.25) is 0 Å². The Bertz CT molecular complexity index is 1010. The van der Waals surface area contributed by atoms with E-state index in [4.69, 9.17) is 4.74 Å². The van der Waals surface area contributed by atoms with Gasteiger partial charge in [0.05, 0.1) is 23.2 Å². The molecule has 164 valence electrons. The number of thioether (sulfide) groups is 1. The van der Waals surface area contributed by atoms with Gasteiger partial charge >= 0.3 is 6.09 Å². The predicted octanol–water partition coefficient (Wildman–Crippen LogP) is 2.09. The van der Waals surface area contributed by atoms with Crippen LogP contribution in [0.5, 0.6) is 0 Å². The van der Waals surface area contributed by atoms with Crippen molar-refractivity contribution < 1.29 is 31.5 Å². The summed E-state index contributed by atoms with van der Waals surface area (Å²) >= 11 is 1.04. The van der Waals surface area contributed by atoms with Crippen molar-refractivity contribution in [3.63, 3.8) is 0 Å². The molecule has 1 N–H and O–H groups in total. The minimum atomic E-state index is -3.33. The molecule has 3 rings (SSSR count). The third kappa shape index (κ3) is 5.28. The topological polar surface area (TPSA) is 105 Å². The number of nitrogens with zero attached hydrogens (tertiary/aromatic N) is 2. The second-order valence-corrected chi connectivity index (χ2v) is 11.3. The lowest BCUT2D eigenvalue weighted by molar-refractivity contribution is -0.117. The third-order valence-electron chi connectivity index (χ3n) is 4.24. The summed E-state index contributed by atoms with van der Waals surface area (Å²) in [5.41, 5.74) is -0.805. The van der Waals surface area contributed by atoms with Gasteiger partial charge in [0.2, 0.25) is 0 Å². The number of aliphatic imine (C=N–C) groups is 1. The number of carbonyl (C=O) groups excluding carboxylic acids is 2. The minimum absolute atomic E-state index is 0.0693. The molecule has 30 heavy (non-hydrogen) atoms. The molecule has 2 saturated heterocycles. The van der Waals surface area contributed by atoms with Gasteiger partial charge in [0.1, 0.15) is 23.8 Å². The molecule has 0 unspecified atom stereocenters. The number of halogens is 2. The number of hydrogen-bond donors (Lipinski definition) is 1. The summed E-state index contributed by atoms with van der Waals surface area (Å²) in [6, 6.07) is 2.27. The lowest BCUT2D eigenvalue weighted by Crippen LogP contribution is -2.39. The van der Waals surface area contributed by atoms with Crippen molar-refractivity contribution in [2.45, 2.75) is 37.7 Å². The number of nitrogens with one attached hydrogen (secondary N) is 1. The molecule has 2 heterocycles. The molecule has 2 amide bonds. The molecule has 0 aliphatic carbocycles. The third-order valence-corrected chi connectivity index (χ3v) is 7.45. The van der Waals surface area contributed by atoms with Crippen molar-refractivity contribution in [1.82, 2.24) is 5.32 Å². The fraction of sp³-hybridized carbons (Fsp3) is 0.500. The SMILES string of the molecule is CC(C)(C)OC(=O)NCC(=O)N=C1S[C@H]2CS(=O)(=O)C[C@@H]2N1c1ccc(F)cc1F. The molecular weight excluding hydrogens is 440 g/mol. The number of amides is 2. The van der Waals surface area contributed by atoms with E-state index in [1.807, 2.05) is 0 Å². The van der Waals surface area contributed by atoms with E-state index in [0.717, 1.165) is 17.8 Å². The average Bonchev–Trinajstić information content (AvgIpc) is 3.03. The molecule has 0 radical (unpaired) electrons. The average molecular weight is 462 g/mol. The van der Waals surface area contributed by atoms with Gasteiger partial charge in [-0.1, -0.05) is 11.8 Å². The van der Waals surface area contributed by atoms with E-state index in [2.05, 4.69) is 10.3 Å². The molecule has 1 aromatic carbocycles. The van der Waals surface area contributed by atoms with E-state index >= 15 is 0 Å². The first-order valence-electron chi connectivity index (χ1n) is 9.04. The highest BCUT2D eigenvalue weighted by Gasteiger charge is 2.50. The van der Waals surface area contributed by atoms with Crippen LogP contribution in [-0.4, -0.2) is 60.5 Å². The fourth-order valence-corrected chi connectivity index (χ4v) is 7.06. The summed E-state index contributed by atoms with van der Waals surface area (Å²) in [5.74, 6) is -2.77. The molecule has 0 aromatic heterocycles. The molecule has 8 nitrogen and oxygen atoms in total. The van der Waals surface area contributed by atoms with Crippen LogP contribution in [0.4, 0.5) is 19.3 Å². The Labute approximate surface area is 177 Å². The Morgan fingerprint density at radius 3 is 2.63 bits per heavy atom. The normalized spacial score (nSPS) is 24.0. The molecule has 0 spiro atoms. The van der Waals surface area contributed by atoms with E-state index in [1.165, 1.54) is 11.0 Å². The van der Waals surface area contributed by atoms with Crippen molar-refractivity contribution in [1.29, 1.82) is 0 Å². The van der Waals surface area contributed by atoms with Crippen molar-refractivity contribution in [3.05, 3.63) is 29.8 Å². The Morgan fingerprint density at radius 2 is 2.00 bits per heavy atom. The van der Waals surface area contributed by atoms with Crippen LogP contribution in [0.15, 0.2) is 23.2 Å². The number of sulfone groups is 1. The molecular formula is C18H21F2N3O5S2. The highest BCUT2D eigenvalue weighted by molar-refractivity contribution is 8.16. The van der Waals surface area contributed by atoms with Gasteiger partial charge in [0, 0.05) is 11.3 Å². The Kier molecular flexibility index (Phi) is 6.10. The summed E-state index contributed by atoms with van der Waals surface area (Å²) in [5, 5.41) is 1.94. The Morgan fingerprint density at radius 1 is 1.30 bits per heavy atom. The summed E-state index contributed by atoms with van der Waals surface area (Å²) in [6.07, 6.45) is -0.792. The smallest absolute Gasteiger partial charge is 0.408 e. The molecule has 2 atom stereocenters. The van der Waals surface area contributed by atoms with Gasteiger partial charge in [-0.05, 0) is 32.9 Å². The number of carbonyl (C=O) groups is 2. The molecule has 0 saturated carbocycles. The standard InChI is InChI=1S/C18H21F2N3O5S2/c1-18(2,3)28-17(25)21-7-15(24)22-16-23(12-5-4-10(19)6-11(12)20)13-8-30(26,27)9-14(13)29-16/h4-6,13-14H,7-9H2,1-3H3,(H,21,25)/t13-,14-/m0/s1. The van der Waals surface area contributed by atoms with Crippen molar-refractivity contribution in [3.8, 4) is 0 Å². The summed E-state index contributed by atoms with van der Waals surface area (Å²) in [4.78, 5) is 29.2. The number of benzene rings is 1. The van der Waals surface area contributed by atoms with Crippen molar-refractivity contribution >= 4 is 44.5 Å². The number of hydrogen-bond acceptors (Lipinski definition) is 6. The summed E-state index contributed by atoms with van der Waals surface area (Å²) in [6.45, 7) is 4.56. The maximum atomic E-state index is 14.4. The first-order valence-corrected chi connectivity index (χ1v) is 11.7. The van der Waals surface area contributed by atoms with Crippen LogP contribution in [0.3, 0.4) is 0 Å². The monoisotopic (exact) mass is 461 g/mol. The zero-order chi connectivity index (χ0) is 22.3. The number of anilines is 1. The molecule has 0 bridgehead atoms. The number of amidine groups is 1. The van der Waals surface area contributed by atoms with Gasteiger partial charge < -0.3 is 15.0 Å². The van der Waals surface area contributed by atoms with Crippen LogP contribution in [0.25, 0.3) is 0 Å². The van der Waals surface area contributed by atoms with Crippen molar-refractivity contribution in [2.75, 3.05) is 23.0 Å². The van der Waals surface area contributed by atoms with E-state index < -0.39 is 56.9 Å². The number of rotatable bonds is 3. The van der Waals surface area contributed by atoms with Crippen LogP contribution in [0.1, 0.15) is 20.8 Å². The van der Waals surface area contributed by atoms with Crippen LogP contribution < -0.4 is 10.2 Å². The van der Waals surface area contributed by atoms with E-state index in [9.17, 15) is 26.8 Å². The van der Waals surface area contributed by atoms with Gasteiger partial charge in [-0.3, -0.25) is 4.79 Å². The molecule has 1 aromatic rings. The van der Waals surface area contributed by atoms with Gasteiger partial charge in [-0.15, -0.1) is 0 Å². The molecule has 2 aliphatic rings. The highest BCUT2D eigenvalue weighted by Crippen LogP contribution is 2.41. The van der Waals surface area contributed by atoms with Gasteiger partial charge in [0.15, 0.2) is 15.0 Å². The van der Waals surface area contributed by atoms with Gasteiger partial charge in [0.25, 0.3) is 5.91 Å². The van der Waals surface area contributed by atoms with Gasteiger partial charge in [-0.2, -0.15) is 4.99 Å². The fourth-order valence-electron chi connectivity index (χ4n) is 3.13. The van der Waals surface area contributed by atoms with E-state index in [1.54, 1.807) is 20.8 Å². The lowest BCUT2D eigenvalue weighted by Gasteiger charge is -2.25. The first kappa shape index (κ1) is 22.5. The zero-order valence-corrected chi connectivity index (χ0v) is 18.1. The summed E-state index contributed by atoms with van der Waals surface area (Å²) < 4.78 is 56.8. The molecule has 2 aliphatic heterocycles. The largest absolute Gasteiger partial charge is 0.444 e. The second-order valence-electron chi connectivity index (χ2n) is 7.91. The second kappa shape index (κ2) is 8.14. The molecule has 12 heteroatoms. The zero-order valence-electron chi connectivity index (χ0n) is 16.5. The van der Waals surface area contributed by atoms with Crippen molar-refractivity contribution in [2.24, 2.45) is 4.99 Å². The summed E-state index contributed by atoms with van der Waals surface area (Å²) in [7, 11) is -3.33. The minimum Gasteiger partial charge on any atom is -0.444 e. The van der Waals surface area contributed by atoms with Crippen LogP contribution >= 0.6 is 11.8 Å². The lowest BCUT2D eigenvalue weighted by atomic mass is 10.2. The highest BCUT2D eigenvalue weighted by atomic mass is 32.2. The number of fused-ring (bicyclic) bond motifs is 1. The number of ether oxygens (including phenoxy) is 1. The molecule has 2 fully saturated rings. The first-order chi connectivity index (χ1) is 13.8. The Balaban J connectivity index is 1.82. The van der Waals surface area contributed by atoms with E-state index in [-0.39, 0.29) is 22.4 Å². The predicted molar refractivity (Wildman–Crippen MR) is 109 cm³/mol. The number of alkyl carbamates (subject to hydrolysis) is 1. The van der Waals surface area contributed by atoms with E-state index in [0.29, 0.717) is 6.07 Å². The Hall–Kier alpha value is -2.21. The maximum Gasteiger partial charge on any atom is 0.408 e. The maximum absolute atomic E-state index is 14.4. The van der Waals surface area contributed by atoms with Crippen LogP contribution in [0, 0.1) is 11.6 Å². The van der Waals surface area contributed by atoms with Gasteiger partial charge in [-0.25, -0.2) is 22.0 Å². The quantitative estimate of drug-likeness (QED) is 0.735. The van der Waals surface area contributed by atoms with Crippen LogP contribution in [-0.2, 0) is 19.4 Å².